The van der Waals surface area contributed by atoms with Crippen LogP contribution in [0.2, 0.25) is 0 Å². The van der Waals surface area contributed by atoms with E-state index in [2.05, 4.69) is 22.0 Å². The Bertz CT molecular complexity index is 339. The fraction of sp³-hybridized carbons (Fsp3) is 0.833. The smallest absolute Gasteiger partial charge is 0.227 e. The summed E-state index contributed by atoms with van der Waals surface area (Å²) in [5, 5.41) is 4.03. The van der Waals surface area contributed by atoms with E-state index in [0.717, 1.165) is 18.8 Å². The number of hydrogen-bond donors (Lipinski definition) is 1. The van der Waals surface area contributed by atoms with Crippen LogP contribution in [0.1, 0.15) is 37.9 Å². The van der Waals surface area contributed by atoms with Crippen molar-refractivity contribution in [1.82, 2.24) is 15.0 Å². The SMILES string of the molecule is CCN1CCCCC1Cc1noc(CCN)n1. The van der Waals surface area contributed by atoms with Crippen molar-refractivity contribution in [3.8, 4) is 0 Å². The van der Waals surface area contributed by atoms with Gasteiger partial charge in [-0.25, -0.2) is 0 Å². The van der Waals surface area contributed by atoms with Gasteiger partial charge in [-0.3, -0.25) is 0 Å². The molecule has 0 amide bonds. The zero-order valence-corrected chi connectivity index (χ0v) is 10.6. The van der Waals surface area contributed by atoms with Gasteiger partial charge in [-0.05, 0) is 25.9 Å². The molecule has 1 unspecified atom stereocenters. The number of piperidine rings is 1. The quantitative estimate of drug-likeness (QED) is 0.828. The molecule has 1 atom stereocenters. The van der Waals surface area contributed by atoms with Crippen LogP contribution in [-0.4, -0.2) is 40.7 Å². The number of rotatable bonds is 5. The van der Waals surface area contributed by atoms with Crippen molar-refractivity contribution < 1.29 is 4.52 Å². The highest BCUT2D eigenvalue weighted by Gasteiger charge is 2.23. The minimum Gasteiger partial charge on any atom is -0.339 e. The molecule has 1 saturated heterocycles. The lowest BCUT2D eigenvalue weighted by atomic mass is 9.99. The molecule has 0 aromatic carbocycles. The van der Waals surface area contributed by atoms with Gasteiger partial charge in [0.15, 0.2) is 5.82 Å². The third kappa shape index (κ3) is 3.26. The van der Waals surface area contributed by atoms with Crippen molar-refractivity contribution in [3.63, 3.8) is 0 Å². The monoisotopic (exact) mass is 238 g/mol. The Morgan fingerprint density at radius 1 is 1.47 bits per heavy atom. The zero-order valence-electron chi connectivity index (χ0n) is 10.6. The van der Waals surface area contributed by atoms with Crippen molar-refractivity contribution in [2.45, 2.75) is 45.1 Å². The van der Waals surface area contributed by atoms with Gasteiger partial charge in [-0.15, -0.1) is 0 Å². The van der Waals surface area contributed by atoms with E-state index in [1.165, 1.54) is 25.8 Å². The summed E-state index contributed by atoms with van der Waals surface area (Å²) in [5.74, 6) is 1.50. The Morgan fingerprint density at radius 3 is 3.12 bits per heavy atom. The second kappa shape index (κ2) is 6.12. The molecule has 1 aliphatic rings. The molecule has 2 heterocycles. The van der Waals surface area contributed by atoms with Gasteiger partial charge in [0, 0.05) is 25.4 Å². The van der Waals surface area contributed by atoms with Crippen LogP contribution >= 0.6 is 0 Å². The summed E-state index contributed by atoms with van der Waals surface area (Å²) in [6.45, 7) is 5.09. The maximum atomic E-state index is 5.46. The van der Waals surface area contributed by atoms with Crippen molar-refractivity contribution in [2.75, 3.05) is 19.6 Å². The third-order valence-corrected chi connectivity index (χ3v) is 3.44. The molecule has 17 heavy (non-hydrogen) atoms. The maximum Gasteiger partial charge on any atom is 0.227 e. The summed E-state index contributed by atoms with van der Waals surface area (Å²) in [4.78, 5) is 6.89. The number of likely N-dealkylation sites (N-methyl/N-ethyl adjacent to an activating group) is 1. The summed E-state index contributed by atoms with van der Waals surface area (Å²) in [5.41, 5.74) is 5.46. The standard InChI is InChI=1S/C12H22N4O/c1-2-16-8-4-3-5-10(16)9-11-14-12(6-7-13)17-15-11/h10H,2-9,13H2,1H3. The van der Waals surface area contributed by atoms with Gasteiger partial charge in [0.1, 0.15) is 0 Å². The number of aromatic nitrogens is 2. The summed E-state index contributed by atoms with van der Waals surface area (Å²) in [7, 11) is 0. The van der Waals surface area contributed by atoms with E-state index < -0.39 is 0 Å². The number of nitrogens with two attached hydrogens (primary N) is 1. The second-order valence-electron chi connectivity index (χ2n) is 4.63. The van der Waals surface area contributed by atoms with E-state index in [1.54, 1.807) is 0 Å². The van der Waals surface area contributed by atoms with Crippen LogP contribution in [0, 0.1) is 0 Å². The van der Waals surface area contributed by atoms with E-state index in [4.69, 9.17) is 10.3 Å². The molecule has 1 aliphatic heterocycles. The molecular weight excluding hydrogens is 216 g/mol. The third-order valence-electron chi connectivity index (χ3n) is 3.44. The number of likely N-dealkylation sites (tertiary alicyclic amines) is 1. The first-order valence-corrected chi connectivity index (χ1v) is 6.59. The van der Waals surface area contributed by atoms with Crippen molar-refractivity contribution in [1.29, 1.82) is 0 Å². The van der Waals surface area contributed by atoms with Crippen LogP contribution in [0.25, 0.3) is 0 Å². The van der Waals surface area contributed by atoms with E-state index in [-0.39, 0.29) is 0 Å². The van der Waals surface area contributed by atoms with Gasteiger partial charge in [0.2, 0.25) is 5.89 Å². The predicted octanol–water partition coefficient (Wildman–Crippen LogP) is 0.988. The van der Waals surface area contributed by atoms with Gasteiger partial charge in [0.05, 0.1) is 0 Å². The van der Waals surface area contributed by atoms with Gasteiger partial charge in [0.25, 0.3) is 0 Å². The highest BCUT2D eigenvalue weighted by molar-refractivity contribution is 4.92. The molecule has 2 N–H and O–H groups in total. The van der Waals surface area contributed by atoms with Crippen molar-refractivity contribution in [2.24, 2.45) is 5.73 Å². The fourth-order valence-electron chi connectivity index (χ4n) is 2.52. The van der Waals surface area contributed by atoms with Gasteiger partial charge in [-0.1, -0.05) is 18.5 Å². The minimum atomic E-state index is 0.562. The summed E-state index contributed by atoms with van der Waals surface area (Å²) < 4.78 is 5.16. The van der Waals surface area contributed by atoms with Crippen LogP contribution in [0.3, 0.4) is 0 Å². The Kier molecular flexibility index (Phi) is 4.50. The molecule has 1 aromatic heterocycles. The lowest BCUT2D eigenvalue weighted by molar-refractivity contribution is 0.153. The molecule has 1 fully saturated rings. The Hall–Kier alpha value is -0.940. The molecule has 0 spiro atoms. The van der Waals surface area contributed by atoms with Crippen LogP contribution in [0.5, 0.6) is 0 Å². The van der Waals surface area contributed by atoms with Crippen molar-refractivity contribution in [3.05, 3.63) is 11.7 Å². The fourth-order valence-corrected chi connectivity index (χ4v) is 2.52. The molecule has 5 nitrogen and oxygen atoms in total. The first kappa shape index (κ1) is 12.5. The van der Waals surface area contributed by atoms with E-state index in [9.17, 15) is 0 Å². The molecule has 2 rings (SSSR count). The zero-order chi connectivity index (χ0) is 12.1. The molecule has 0 bridgehead atoms. The first-order chi connectivity index (χ1) is 8.33. The lowest BCUT2D eigenvalue weighted by Gasteiger charge is -2.34. The van der Waals surface area contributed by atoms with Gasteiger partial charge >= 0.3 is 0 Å². The first-order valence-electron chi connectivity index (χ1n) is 6.59. The van der Waals surface area contributed by atoms with Gasteiger partial charge < -0.3 is 15.2 Å². The average Bonchev–Trinajstić information content (AvgIpc) is 2.78. The normalized spacial score (nSPS) is 21.9. The minimum absolute atomic E-state index is 0.562. The highest BCUT2D eigenvalue weighted by atomic mass is 16.5. The van der Waals surface area contributed by atoms with Crippen LogP contribution in [0.15, 0.2) is 4.52 Å². The molecular formula is C12H22N4O. The molecule has 96 valence electrons. The number of hydrogen-bond acceptors (Lipinski definition) is 5. The summed E-state index contributed by atoms with van der Waals surface area (Å²) in [6, 6.07) is 0.581. The van der Waals surface area contributed by atoms with Crippen molar-refractivity contribution >= 4 is 0 Å². The molecule has 5 heteroatoms. The lowest BCUT2D eigenvalue weighted by Crippen LogP contribution is -2.40. The largest absolute Gasteiger partial charge is 0.339 e. The maximum absolute atomic E-state index is 5.46. The van der Waals surface area contributed by atoms with Crippen LogP contribution in [-0.2, 0) is 12.8 Å². The Labute approximate surface area is 102 Å². The molecule has 0 radical (unpaired) electrons. The predicted molar refractivity (Wildman–Crippen MR) is 65.6 cm³/mol. The highest BCUT2D eigenvalue weighted by Crippen LogP contribution is 2.19. The topological polar surface area (TPSA) is 68.2 Å². The Morgan fingerprint density at radius 2 is 2.35 bits per heavy atom. The van der Waals surface area contributed by atoms with E-state index in [0.29, 0.717) is 24.9 Å². The molecule has 1 aromatic rings. The van der Waals surface area contributed by atoms with E-state index in [1.807, 2.05) is 0 Å². The van der Waals surface area contributed by atoms with E-state index >= 15 is 0 Å². The number of nitrogens with zero attached hydrogens (tertiary/aromatic N) is 3. The van der Waals surface area contributed by atoms with Crippen LogP contribution in [0.4, 0.5) is 0 Å². The summed E-state index contributed by atoms with van der Waals surface area (Å²) >= 11 is 0. The Balaban J connectivity index is 1.93. The molecule has 0 aliphatic carbocycles. The second-order valence-corrected chi connectivity index (χ2v) is 4.63. The average molecular weight is 238 g/mol. The van der Waals surface area contributed by atoms with Crippen LogP contribution < -0.4 is 5.73 Å². The van der Waals surface area contributed by atoms with Gasteiger partial charge in [-0.2, -0.15) is 4.98 Å². The summed E-state index contributed by atoms with van der Waals surface area (Å²) in [6.07, 6.45) is 5.45. The molecule has 0 saturated carbocycles.